The van der Waals surface area contributed by atoms with Gasteiger partial charge >= 0.3 is 5.97 Å². The number of aliphatic hydroxyl groups is 3. The van der Waals surface area contributed by atoms with Crippen LogP contribution in [0.1, 0.15) is 21.5 Å². The molecule has 0 aliphatic carbocycles. The van der Waals surface area contributed by atoms with Crippen LogP contribution in [0, 0.1) is 6.92 Å². The third-order valence-electron chi connectivity index (χ3n) is 5.25. The molecule has 1 saturated heterocycles. The van der Waals surface area contributed by atoms with Crippen LogP contribution in [0.2, 0.25) is 0 Å². The summed E-state index contributed by atoms with van der Waals surface area (Å²) in [6.45, 7) is 1.52. The number of hydrogen-bond donors (Lipinski definition) is 3. The summed E-state index contributed by atoms with van der Waals surface area (Å²) in [6, 6.07) is 12.9. The van der Waals surface area contributed by atoms with E-state index in [2.05, 4.69) is 0 Å². The molecule has 2 aromatic rings. The molecule has 5 atom stereocenters. The van der Waals surface area contributed by atoms with Gasteiger partial charge in [-0.2, -0.15) is 0 Å². The first-order valence-electron chi connectivity index (χ1n) is 10.1. The number of ether oxygens (including phenoxy) is 5. The van der Waals surface area contributed by atoms with Crippen molar-refractivity contribution in [1.82, 2.24) is 0 Å². The van der Waals surface area contributed by atoms with Gasteiger partial charge in [0.15, 0.2) is 12.4 Å². The third-order valence-corrected chi connectivity index (χ3v) is 5.25. The van der Waals surface area contributed by atoms with Gasteiger partial charge in [0.1, 0.15) is 42.0 Å². The van der Waals surface area contributed by atoms with Crippen LogP contribution in [0.15, 0.2) is 42.5 Å². The largest absolute Gasteiger partial charge is 0.496 e. The maximum Gasteiger partial charge on any atom is 0.342 e. The van der Waals surface area contributed by atoms with Crippen molar-refractivity contribution < 1.29 is 43.8 Å². The highest BCUT2D eigenvalue weighted by Gasteiger charge is 2.47. The predicted octanol–water partition coefficient (Wildman–Crippen LogP) is 1.19. The molecular weight excluding hydrogens is 420 g/mol. The number of carbonyl (C=O) groups is 1. The molecule has 0 saturated carbocycles. The quantitative estimate of drug-likeness (QED) is 0.511. The summed E-state index contributed by atoms with van der Waals surface area (Å²) in [5, 5.41) is 29.8. The van der Waals surface area contributed by atoms with Crippen LogP contribution in [-0.4, -0.2) is 72.8 Å². The lowest BCUT2D eigenvalue weighted by atomic mass is 9.99. The highest BCUT2D eigenvalue weighted by Crippen LogP contribution is 2.32. The second-order valence-corrected chi connectivity index (χ2v) is 7.40. The van der Waals surface area contributed by atoms with Crippen molar-refractivity contribution in [2.24, 2.45) is 0 Å². The van der Waals surface area contributed by atoms with Gasteiger partial charge in [0.05, 0.1) is 13.7 Å². The molecule has 0 aromatic heterocycles. The summed E-state index contributed by atoms with van der Waals surface area (Å²) >= 11 is 0. The Bertz CT molecular complexity index is 900. The molecule has 174 valence electrons. The van der Waals surface area contributed by atoms with Crippen molar-refractivity contribution in [3.05, 3.63) is 59.2 Å². The third kappa shape index (κ3) is 5.20. The summed E-state index contributed by atoms with van der Waals surface area (Å²) in [5.41, 5.74) is 1.66. The lowest BCUT2D eigenvalue weighted by molar-refractivity contribution is -0.293. The Hall–Kier alpha value is -2.69. The van der Waals surface area contributed by atoms with Crippen molar-refractivity contribution in [3.8, 4) is 11.5 Å². The smallest absolute Gasteiger partial charge is 0.342 e. The fourth-order valence-corrected chi connectivity index (χ4v) is 3.52. The molecule has 0 bridgehead atoms. The van der Waals surface area contributed by atoms with Crippen molar-refractivity contribution in [2.45, 2.75) is 44.2 Å². The lowest BCUT2D eigenvalue weighted by Crippen LogP contribution is -2.60. The molecule has 3 N–H and O–H groups in total. The van der Waals surface area contributed by atoms with Crippen LogP contribution in [-0.2, 0) is 20.8 Å². The number of benzene rings is 2. The Morgan fingerprint density at radius 1 is 1.09 bits per heavy atom. The second kappa shape index (κ2) is 10.8. The van der Waals surface area contributed by atoms with Gasteiger partial charge in [0.25, 0.3) is 0 Å². The van der Waals surface area contributed by atoms with Crippen LogP contribution in [0.4, 0.5) is 0 Å². The minimum atomic E-state index is -1.52. The summed E-state index contributed by atoms with van der Waals surface area (Å²) in [5.74, 6) is -0.0536. The van der Waals surface area contributed by atoms with E-state index < -0.39 is 43.3 Å². The molecule has 3 rings (SSSR count). The monoisotopic (exact) mass is 448 g/mol. The zero-order valence-corrected chi connectivity index (χ0v) is 18.1. The topological polar surface area (TPSA) is 124 Å². The van der Waals surface area contributed by atoms with Gasteiger partial charge in [-0.15, -0.1) is 0 Å². The molecule has 0 amide bonds. The number of esters is 1. The van der Waals surface area contributed by atoms with Gasteiger partial charge < -0.3 is 39.0 Å². The number of aliphatic hydroxyl groups excluding tert-OH is 3. The molecule has 9 nitrogen and oxygen atoms in total. The Kier molecular flexibility index (Phi) is 8.05. The second-order valence-electron chi connectivity index (χ2n) is 7.40. The Labute approximate surface area is 186 Å². The highest BCUT2D eigenvalue weighted by molar-refractivity contribution is 5.94. The lowest BCUT2D eigenvalue weighted by Gasteiger charge is -2.40. The molecule has 1 unspecified atom stereocenters. The van der Waals surface area contributed by atoms with Gasteiger partial charge in [0.2, 0.25) is 0 Å². The number of rotatable bonds is 8. The minimum Gasteiger partial charge on any atom is -0.496 e. The Morgan fingerprint density at radius 2 is 1.81 bits per heavy atom. The predicted molar refractivity (Wildman–Crippen MR) is 112 cm³/mol. The van der Waals surface area contributed by atoms with Gasteiger partial charge in [-0.05, 0) is 24.1 Å². The van der Waals surface area contributed by atoms with E-state index in [4.69, 9.17) is 23.7 Å². The molecule has 2 aromatic carbocycles. The maximum absolute atomic E-state index is 13.0. The fourth-order valence-electron chi connectivity index (χ4n) is 3.52. The molecule has 9 heteroatoms. The van der Waals surface area contributed by atoms with Crippen molar-refractivity contribution >= 4 is 5.97 Å². The zero-order chi connectivity index (χ0) is 23.3. The van der Waals surface area contributed by atoms with E-state index in [1.807, 2.05) is 30.3 Å². The van der Waals surface area contributed by atoms with Crippen molar-refractivity contribution in [1.29, 1.82) is 0 Å². The minimum absolute atomic E-state index is 0.139. The number of aryl methyl sites for hydroxylation is 1. The molecule has 1 fully saturated rings. The van der Waals surface area contributed by atoms with E-state index in [0.717, 1.165) is 5.56 Å². The average molecular weight is 448 g/mol. The fraction of sp³-hybridized carbons (Fsp3) is 0.435. The summed E-state index contributed by atoms with van der Waals surface area (Å²) in [4.78, 5) is 13.0. The van der Waals surface area contributed by atoms with Crippen LogP contribution >= 0.6 is 0 Å². The molecule has 1 heterocycles. The summed E-state index contributed by atoms with van der Waals surface area (Å²) in [6.07, 6.45) is -6.53. The van der Waals surface area contributed by atoms with Gasteiger partial charge in [-0.1, -0.05) is 30.3 Å². The summed E-state index contributed by atoms with van der Waals surface area (Å²) in [7, 11) is 2.72. The zero-order valence-electron chi connectivity index (χ0n) is 18.1. The van der Waals surface area contributed by atoms with E-state index in [1.165, 1.54) is 14.2 Å². The van der Waals surface area contributed by atoms with Gasteiger partial charge in [-0.25, -0.2) is 4.79 Å². The highest BCUT2D eigenvalue weighted by atomic mass is 16.7. The number of carbonyl (C=O) groups excluding carboxylic acids is 1. The number of methoxy groups -OCH3 is 2. The van der Waals surface area contributed by atoms with E-state index in [1.54, 1.807) is 19.1 Å². The first-order chi connectivity index (χ1) is 15.4. The van der Waals surface area contributed by atoms with Gasteiger partial charge in [-0.3, -0.25) is 0 Å². The Balaban J connectivity index is 1.78. The van der Waals surface area contributed by atoms with Crippen LogP contribution in [0.25, 0.3) is 0 Å². The SMILES string of the molecule is COc1cc(OCc2ccccc2)cc(C)c1C(=O)O[C@H]1[C@@H](OC)OC(CO)[C@@H](O)[C@@H]1O. The average Bonchev–Trinajstić information content (AvgIpc) is 2.81. The van der Waals surface area contributed by atoms with E-state index in [-0.39, 0.29) is 11.3 Å². The molecule has 0 spiro atoms. The molecule has 0 radical (unpaired) electrons. The maximum atomic E-state index is 13.0. The van der Waals surface area contributed by atoms with Crippen LogP contribution in [0.3, 0.4) is 0 Å². The standard InChI is InChI=1S/C23H28O9/c1-13-9-15(30-12-14-7-5-4-6-8-14)10-16(28-2)18(13)22(27)32-21-20(26)19(25)17(11-24)31-23(21)29-3/h4-10,17,19-21,23-26H,11-12H2,1-3H3/t17?,19-,20+,21-,23+/m1/s1. The Morgan fingerprint density at radius 3 is 2.44 bits per heavy atom. The van der Waals surface area contributed by atoms with Gasteiger partial charge in [0, 0.05) is 13.2 Å². The van der Waals surface area contributed by atoms with Crippen LogP contribution in [0.5, 0.6) is 11.5 Å². The van der Waals surface area contributed by atoms with E-state index in [0.29, 0.717) is 17.9 Å². The number of hydrogen-bond acceptors (Lipinski definition) is 9. The molecule has 1 aliphatic heterocycles. The van der Waals surface area contributed by atoms with Crippen molar-refractivity contribution in [3.63, 3.8) is 0 Å². The molecule has 1 aliphatic rings. The molecular formula is C23H28O9. The van der Waals surface area contributed by atoms with E-state index >= 15 is 0 Å². The molecule has 32 heavy (non-hydrogen) atoms. The summed E-state index contributed by atoms with van der Waals surface area (Å²) < 4.78 is 27.2. The first-order valence-corrected chi connectivity index (χ1v) is 10.1. The van der Waals surface area contributed by atoms with Crippen molar-refractivity contribution in [2.75, 3.05) is 20.8 Å². The normalized spacial score (nSPS) is 25.2. The van der Waals surface area contributed by atoms with Crippen LogP contribution < -0.4 is 9.47 Å². The first kappa shape index (κ1) is 24.0. The van der Waals surface area contributed by atoms with E-state index in [9.17, 15) is 20.1 Å².